The van der Waals surface area contributed by atoms with Crippen molar-refractivity contribution in [3.8, 4) is 11.5 Å². The molecule has 194 valence electrons. The summed E-state index contributed by atoms with van der Waals surface area (Å²) in [6.07, 6.45) is 1.25. The molecule has 8 nitrogen and oxygen atoms in total. The Kier molecular flexibility index (Phi) is 7.15. The molecule has 0 spiro atoms. The Labute approximate surface area is 231 Å². The number of imide groups is 1. The van der Waals surface area contributed by atoms with Crippen molar-refractivity contribution in [3.63, 3.8) is 0 Å². The molecule has 5 rings (SSSR count). The summed E-state index contributed by atoms with van der Waals surface area (Å²) in [6.45, 7) is 1.99. The van der Waals surface area contributed by atoms with Crippen LogP contribution in [-0.4, -0.2) is 47.0 Å². The molecule has 2 heterocycles. The lowest BCUT2D eigenvalue weighted by Gasteiger charge is -2.29. The highest BCUT2D eigenvalue weighted by Crippen LogP contribution is 2.45. The third-order valence-corrected chi connectivity index (χ3v) is 10.1. The van der Waals surface area contributed by atoms with Gasteiger partial charge in [0.15, 0.2) is 0 Å². The van der Waals surface area contributed by atoms with Gasteiger partial charge in [-0.3, -0.25) is 19.2 Å². The minimum atomic E-state index is -0.613. The number of ether oxygens (including phenoxy) is 2. The Morgan fingerprint density at radius 2 is 1.62 bits per heavy atom. The van der Waals surface area contributed by atoms with Crippen LogP contribution in [0.2, 0.25) is 0 Å². The molecule has 2 aromatic carbocycles. The number of hydrogen-bond donors (Lipinski definition) is 0. The van der Waals surface area contributed by atoms with Gasteiger partial charge in [-0.15, -0.1) is 0 Å². The molecular weight excluding hydrogens is 608 g/mol. The van der Waals surface area contributed by atoms with Gasteiger partial charge < -0.3 is 14.4 Å². The molecule has 2 saturated heterocycles. The summed E-state index contributed by atoms with van der Waals surface area (Å²) in [5.74, 6) is -1.40. The van der Waals surface area contributed by atoms with Crippen molar-refractivity contribution in [2.45, 2.75) is 35.8 Å². The highest BCUT2D eigenvalue weighted by Gasteiger charge is 2.52. The quantitative estimate of drug-likeness (QED) is 0.210. The lowest BCUT2D eigenvalue weighted by Crippen LogP contribution is -2.34. The van der Waals surface area contributed by atoms with E-state index in [1.807, 2.05) is 0 Å². The fraction of sp³-hybridized carbons (Fsp3) is 0.407. The van der Waals surface area contributed by atoms with Crippen LogP contribution in [0.4, 0.5) is 11.4 Å². The average molecular weight is 634 g/mol. The van der Waals surface area contributed by atoms with E-state index in [4.69, 9.17) is 9.47 Å². The molecule has 10 heteroatoms. The number of methoxy groups -OCH3 is 1. The Morgan fingerprint density at radius 1 is 0.946 bits per heavy atom. The number of halogens is 2. The van der Waals surface area contributed by atoms with Gasteiger partial charge in [-0.1, -0.05) is 37.9 Å². The van der Waals surface area contributed by atoms with E-state index in [9.17, 15) is 19.2 Å². The number of nitrogens with zero attached hydrogens (tertiary/aromatic N) is 2. The van der Waals surface area contributed by atoms with Crippen LogP contribution in [0.1, 0.15) is 24.8 Å². The highest BCUT2D eigenvalue weighted by molar-refractivity contribution is 9.12. The van der Waals surface area contributed by atoms with Crippen molar-refractivity contribution < 1.29 is 28.7 Å². The molecule has 3 fully saturated rings. The van der Waals surface area contributed by atoms with Crippen molar-refractivity contribution in [2.75, 3.05) is 23.5 Å². The van der Waals surface area contributed by atoms with Crippen molar-refractivity contribution in [1.82, 2.24) is 0 Å². The van der Waals surface area contributed by atoms with E-state index in [2.05, 4.69) is 31.9 Å². The van der Waals surface area contributed by atoms with Crippen molar-refractivity contribution in [2.24, 2.45) is 17.8 Å². The second-order valence-corrected chi connectivity index (χ2v) is 12.1. The van der Waals surface area contributed by atoms with E-state index in [1.165, 1.54) is 4.90 Å². The van der Waals surface area contributed by atoms with Crippen molar-refractivity contribution in [3.05, 3.63) is 48.0 Å². The summed E-state index contributed by atoms with van der Waals surface area (Å²) in [5.41, 5.74) is 1.82. The minimum Gasteiger partial charge on any atom is -0.497 e. The Bertz CT molecular complexity index is 1260. The first-order valence-electron chi connectivity index (χ1n) is 12.1. The summed E-state index contributed by atoms with van der Waals surface area (Å²) in [6, 6.07) is 12.0. The second-order valence-electron chi connectivity index (χ2n) is 9.70. The molecule has 0 unspecified atom stereocenters. The smallest absolute Gasteiger partial charge is 0.316 e. The first-order valence-corrected chi connectivity index (χ1v) is 13.9. The fourth-order valence-corrected chi connectivity index (χ4v) is 6.60. The van der Waals surface area contributed by atoms with Gasteiger partial charge in [0.25, 0.3) is 0 Å². The highest BCUT2D eigenvalue weighted by atomic mass is 79.9. The van der Waals surface area contributed by atoms with Gasteiger partial charge in [-0.25, -0.2) is 4.90 Å². The SMILES string of the molecule is COc1cccc(N2C[C@H](C(=O)Oc3ccc(N4C(=O)[C@@H]5C[C@@H](Br)[C@@H](Br)C[C@H]5C4=O)c(C)c3)CC2=O)c1. The topological polar surface area (TPSA) is 93.2 Å². The third-order valence-electron chi connectivity index (χ3n) is 7.36. The maximum atomic E-state index is 13.1. The van der Waals surface area contributed by atoms with Gasteiger partial charge in [0, 0.05) is 34.4 Å². The van der Waals surface area contributed by atoms with Crippen LogP contribution < -0.4 is 19.3 Å². The summed E-state index contributed by atoms with van der Waals surface area (Å²) in [4.78, 5) is 54.9. The number of amides is 3. The number of anilines is 2. The molecular formula is C27H26Br2N2O6. The molecule has 3 amide bonds. The number of esters is 1. The molecule has 3 aliphatic rings. The maximum Gasteiger partial charge on any atom is 0.316 e. The van der Waals surface area contributed by atoms with E-state index < -0.39 is 11.9 Å². The molecule has 0 aromatic heterocycles. The molecule has 1 saturated carbocycles. The second kappa shape index (κ2) is 10.2. The van der Waals surface area contributed by atoms with Crippen molar-refractivity contribution in [1.29, 1.82) is 0 Å². The number of alkyl halides is 2. The van der Waals surface area contributed by atoms with E-state index in [-0.39, 0.29) is 52.2 Å². The largest absolute Gasteiger partial charge is 0.497 e. The van der Waals surface area contributed by atoms with Gasteiger partial charge in [0.05, 0.1) is 30.6 Å². The normalized spacial score (nSPS) is 27.5. The van der Waals surface area contributed by atoms with Crippen LogP contribution in [0, 0.1) is 24.7 Å². The molecule has 2 aliphatic heterocycles. The number of aryl methyl sites for hydroxylation is 1. The van der Waals surface area contributed by atoms with E-state index in [0.717, 1.165) is 0 Å². The number of carbonyl (C=O) groups is 4. The molecule has 0 bridgehead atoms. The first kappa shape index (κ1) is 25.9. The van der Waals surface area contributed by atoms with Gasteiger partial charge in [-0.2, -0.15) is 0 Å². The van der Waals surface area contributed by atoms with Gasteiger partial charge in [0.2, 0.25) is 17.7 Å². The standard InChI is InChI=1S/C27H26Br2N2O6/c1-14-8-18(6-7-23(14)31-25(33)19-11-21(28)22(29)12-20(19)26(31)34)37-27(35)15-9-24(32)30(13-15)16-4-3-5-17(10-16)36-2/h3-8,10,15,19-22H,9,11-13H2,1-2H3/t15-,19-,20-,21-,22+/m1/s1. The van der Waals surface area contributed by atoms with E-state index in [1.54, 1.807) is 61.4 Å². The first-order chi connectivity index (χ1) is 17.7. The van der Waals surface area contributed by atoms with Crippen LogP contribution in [0.3, 0.4) is 0 Å². The van der Waals surface area contributed by atoms with Crippen LogP contribution in [-0.2, 0) is 19.2 Å². The van der Waals surface area contributed by atoms with Gasteiger partial charge in [-0.05, 0) is 55.7 Å². The van der Waals surface area contributed by atoms with E-state index >= 15 is 0 Å². The lowest BCUT2D eigenvalue weighted by atomic mass is 9.81. The minimum absolute atomic E-state index is 0.0514. The predicted octanol–water partition coefficient (Wildman–Crippen LogP) is 4.39. The number of hydrogen-bond acceptors (Lipinski definition) is 6. The van der Waals surface area contributed by atoms with Gasteiger partial charge >= 0.3 is 5.97 Å². The van der Waals surface area contributed by atoms with Crippen LogP contribution in [0.25, 0.3) is 0 Å². The lowest BCUT2D eigenvalue weighted by molar-refractivity contribution is -0.139. The van der Waals surface area contributed by atoms with Crippen molar-refractivity contribution >= 4 is 66.9 Å². The third kappa shape index (κ3) is 4.81. The van der Waals surface area contributed by atoms with Crippen LogP contribution >= 0.6 is 31.9 Å². The molecule has 2 aromatic rings. The van der Waals surface area contributed by atoms with E-state index in [0.29, 0.717) is 41.3 Å². The molecule has 0 N–H and O–H groups in total. The van der Waals surface area contributed by atoms with Crippen LogP contribution in [0.5, 0.6) is 11.5 Å². The molecule has 37 heavy (non-hydrogen) atoms. The summed E-state index contributed by atoms with van der Waals surface area (Å²) in [5, 5.41) is 0. The summed E-state index contributed by atoms with van der Waals surface area (Å²) < 4.78 is 10.8. The fourth-order valence-electron chi connectivity index (χ4n) is 5.37. The zero-order valence-electron chi connectivity index (χ0n) is 20.4. The Morgan fingerprint density at radius 3 is 2.24 bits per heavy atom. The maximum absolute atomic E-state index is 13.1. The monoisotopic (exact) mass is 632 g/mol. The molecule has 5 atom stereocenters. The van der Waals surface area contributed by atoms with Gasteiger partial charge in [0.1, 0.15) is 11.5 Å². The number of fused-ring (bicyclic) bond motifs is 1. The number of rotatable bonds is 5. The molecule has 1 aliphatic carbocycles. The predicted molar refractivity (Wildman–Crippen MR) is 144 cm³/mol. The van der Waals surface area contributed by atoms with Crippen LogP contribution in [0.15, 0.2) is 42.5 Å². The summed E-state index contributed by atoms with van der Waals surface area (Å²) in [7, 11) is 1.55. The summed E-state index contributed by atoms with van der Waals surface area (Å²) >= 11 is 7.22. The zero-order valence-corrected chi connectivity index (χ0v) is 23.5. The number of benzene rings is 2. The average Bonchev–Trinajstić information content (AvgIpc) is 3.37. The Balaban J connectivity index is 1.28. The number of carbonyl (C=O) groups excluding carboxylic acids is 4. The zero-order chi connectivity index (χ0) is 26.4. The Hall–Kier alpha value is -2.72. The molecule has 0 radical (unpaired) electrons.